The summed E-state index contributed by atoms with van der Waals surface area (Å²) in [5.74, 6) is 0.138. The topological polar surface area (TPSA) is 41.6 Å². The number of ether oxygens (including phenoxy) is 1. The average Bonchev–Trinajstić information content (AvgIpc) is 2.73. The lowest BCUT2D eigenvalue weighted by Gasteiger charge is -2.24. The molecule has 4 heteroatoms. The van der Waals surface area contributed by atoms with Crippen molar-refractivity contribution >= 4 is 5.91 Å². The minimum Gasteiger partial charge on any atom is -0.380 e. The van der Waals surface area contributed by atoms with E-state index in [0.29, 0.717) is 26.3 Å². The van der Waals surface area contributed by atoms with Crippen LogP contribution in [0.1, 0.15) is 18.7 Å². The molecule has 1 unspecified atom stereocenters. The Labute approximate surface area is 102 Å². The molecule has 1 aromatic rings. The van der Waals surface area contributed by atoms with E-state index in [4.69, 9.17) is 4.74 Å². The maximum atomic E-state index is 11.8. The third-order valence-electron chi connectivity index (χ3n) is 2.87. The minimum absolute atomic E-state index is 0.0100. The molecule has 1 atom stereocenters. The minimum atomic E-state index is -0.0100. The Morgan fingerprint density at radius 1 is 1.41 bits per heavy atom. The average molecular weight is 234 g/mol. The molecule has 1 amide bonds. The molecular formula is C13H18N2O2. The van der Waals surface area contributed by atoms with Gasteiger partial charge in [-0.1, -0.05) is 30.3 Å². The van der Waals surface area contributed by atoms with Crippen molar-refractivity contribution in [3.8, 4) is 0 Å². The molecule has 1 heterocycles. The number of rotatable bonds is 5. The van der Waals surface area contributed by atoms with Gasteiger partial charge in [-0.3, -0.25) is 10.1 Å². The van der Waals surface area contributed by atoms with Crippen molar-refractivity contribution in [3.05, 3.63) is 35.9 Å². The smallest absolute Gasteiger partial charge is 0.238 e. The molecule has 4 nitrogen and oxygen atoms in total. The summed E-state index contributed by atoms with van der Waals surface area (Å²) in [7, 11) is 0. The van der Waals surface area contributed by atoms with E-state index < -0.39 is 0 Å². The van der Waals surface area contributed by atoms with E-state index in [1.54, 1.807) is 0 Å². The van der Waals surface area contributed by atoms with Crippen LogP contribution < -0.4 is 5.32 Å². The number of amides is 1. The predicted molar refractivity (Wildman–Crippen MR) is 65.4 cm³/mol. The highest BCUT2D eigenvalue weighted by molar-refractivity contribution is 5.80. The quantitative estimate of drug-likeness (QED) is 0.777. The zero-order valence-corrected chi connectivity index (χ0v) is 10.1. The van der Waals surface area contributed by atoms with Crippen molar-refractivity contribution in [1.29, 1.82) is 0 Å². The summed E-state index contributed by atoms with van der Waals surface area (Å²) in [4.78, 5) is 13.6. The molecule has 1 fully saturated rings. The van der Waals surface area contributed by atoms with Crippen LogP contribution in [0.3, 0.4) is 0 Å². The standard InChI is InChI=1S/C13H18N2O2/c1-2-17-9-8-15-12(16)10-14-13(15)11-6-4-3-5-7-11/h3-7,13-14H,2,8-10H2,1H3. The second kappa shape index (κ2) is 5.80. The van der Waals surface area contributed by atoms with Gasteiger partial charge in [0.1, 0.15) is 6.17 Å². The maximum Gasteiger partial charge on any atom is 0.238 e. The Balaban J connectivity index is 2.03. The zero-order chi connectivity index (χ0) is 12.1. The third-order valence-corrected chi connectivity index (χ3v) is 2.87. The van der Waals surface area contributed by atoms with Crippen LogP contribution in [0.5, 0.6) is 0 Å². The first-order valence-corrected chi connectivity index (χ1v) is 5.98. The Hall–Kier alpha value is -1.39. The summed E-state index contributed by atoms with van der Waals surface area (Å²) < 4.78 is 5.31. The molecule has 0 spiro atoms. The van der Waals surface area contributed by atoms with Crippen molar-refractivity contribution in [1.82, 2.24) is 10.2 Å². The zero-order valence-electron chi connectivity index (χ0n) is 10.1. The van der Waals surface area contributed by atoms with Crippen molar-refractivity contribution in [2.45, 2.75) is 13.1 Å². The van der Waals surface area contributed by atoms with Gasteiger partial charge in [0.2, 0.25) is 5.91 Å². The van der Waals surface area contributed by atoms with Crippen LogP contribution in [-0.4, -0.2) is 37.1 Å². The SMILES string of the molecule is CCOCCN1C(=O)CNC1c1ccccc1. The van der Waals surface area contributed by atoms with Gasteiger partial charge in [0, 0.05) is 13.2 Å². The molecule has 1 saturated heterocycles. The summed E-state index contributed by atoms with van der Waals surface area (Å²) in [6.07, 6.45) is -0.0100. The molecule has 0 radical (unpaired) electrons. The van der Waals surface area contributed by atoms with E-state index in [1.807, 2.05) is 42.2 Å². The number of carbonyl (C=O) groups is 1. The molecule has 0 aliphatic carbocycles. The van der Waals surface area contributed by atoms with Gasteiger partial charge in [-0.15, -0.1) is 0 Å². The van der Waals surface area contributed by atoms with Gasteiger partial charge in [0.25, 0.3) is 0 Å². The monoisotopic (exact) mass is 234 g/mol. The normalized spacial score (nSPS) is 19.9. The second-order valence-corrected chi connectivity index (χ2v) is 3.98. The molecule has 2 rings (SSSR count). The Bertz CT molecular complexity index is 367. The van der Waals surface area contributed by atoms with E-state index in [1.165, 1.54) is 0 Å². The molecule has 0 aromatic heterocycles. The first-order valence-electron chi connectivity index (χ1n) is 5.98. The lowest BCUT2D eigenvalue weighted by molar-refractivity contribution is -0.128. The molecule has 1 aliphatic heterocycles. The molecule has 92 valence electrons. The van der Waals surface area contributed by atoms with Crippen LogP contribution in [0.4, 0.5) is 0 Å². The summed E-state index contributed by atoms with van der Waals surface area (Å²) >= 11 is 0. The molecular weight excluding hydrogens is 216 g/mol. The molecule has 1 N–H and O–H groups in total. The van der Waals surface area contributed by atoms with Crippen LogP contribution in [0.25, 0.3) is 0 Å². The molecule has 1 aromatic carbocycles. The van der Waals surface area contributed by atoms with Gasteiger partial charge >= 0.3 is 0 Å². The van der Waals surface area contributed by atoms with Crippen LogP contribution >= 0.6 is 0 Å². The van der Waals surface area contributed by atoms with Gasteiger partial charge in [-0.2, -0.15) is 0 Å². The van der Waals surface area contributed by atoms with E-state index in [0.717, 1.165) is 5.56 Å². The molecule has 0 bridgehead atoms. The lowest BCUT2D eigenvalue weighted by atomic mass is 10.1. The second-order valence-electron chi connectivity index (χ2n) is 3.98. The van der Waals surface area contributed by atoms with Gasteiger partial charge in [-0.25, -0.2) is 0 Å². The number of hydrogen-bond donors (Lipinski definition) is 1. The fraction of sp³-hybridized carbons (Fsp3) is 0.462. The number of nitrogens with zero attached hydrogens (tertiary/aromatic N) is 1. The van der Waals surface area contributed by atoms with Crippen molar-refractivity contribution in [2.24, 2.45) is 0 Å². The lowest BCUT2D eigenvalue weighted by Crippen LogP contribution is -2.33. The highest BCUT2D eigenvalue weighted by Gasteiger charge is 2.30. The number of benzene rings is 1. The Kier molecular flexibility index (Phi) is 4.12. The van der Waals surface area contributed by atoms with E-state index in [-0.39, 0.29) is 12.1 Å². The van der Waals surface area contributed by atoms with E-state index >= 15 is 0 Å². The summed E-state index contributed by atoms with van der Waals surface area (Å²) in [5.41, 5.74) is 1.12. The van der Waals surface area contributed by atoms with Crippen LogP contribution in [0.2, 0.25) is 0 Å². The molecule has 17 heavy (non-hydrogen) atoms. The predicted octanol–water partition coefficient (Wildman–Crippen LogP) is 1.15. The maximum absolute atomic E-state index is 11.8. The Morgan fingerprint density at radius 3 is 2.88 bits per heavy atom. The molecule has 0 saturated carbocycles. The van der Waals surface area contributed by atoms with Crippen molar-refractivity contribution in [2.75, 3.05) is 26.3 Å². The third kappa shape index (κ3) is 2.84. The van der Waals surface area contributed by atoms with E-state index in [2.05, 4.69) is 5.32 Å². The number of nitrogens with one attached hydrogen (secondary N) is 1. The molecule has 1 aliphatic rings. The van der Waals surface area contributed by atoms with Crippen molar-refractivity contribution in [3.63, 3.8) is 0 Å². The largest absolute Gasteiger partial charge is 0.380 e. The number of carbonyl (C=O) groups excluding carboxylic acids is 1. The van der Waals surface area contributed by atoms with Crippen LogP contribution in [0, 0.1) is 0 Å². The van der Waals surface area contributed by atoms with E-state index in [9.17, 15) is 4.79 Å². The highest BCUT2D eigenvalue weighted by atomic mass is 16.5. The van der Waals surface area contributed by atoms with Crippen LogP contribution in [0.15, 0.2) is 30.3 Å². The highest BCUT2D eigenvalue weighted by Crippen LogP contribution is 2.21. The summed E-state index contributed by atoms with van der Waals surface area (Å²) in [6, 6.07) is 10.0. The van der Waals surface area contributed by atoms with Gasteiger partial charge < -0.3 is 9.64 Å². The first kappa shape index (κ1) is 12.1. The van der Waals surface area contributed by atoms with Crippen molar-refractivity contribution < 1.29 is 9.53 Å². The summed E-state index contributed by atoms with van der Waals surface area (Å²) in [5, 5.41) is 3.22. The van der Waals surface area contributed by atoms with Gasteiger partial charge in [0.15, 0.2) is 0 Å². The fourth-order valence-corrected chi connectivity index (χ4v) is 2.03. The fourth-order valence-electron chi connectivity index (χ4n) is 2.03. The van der Waals surface area contributed by atoms with Gasteiger partial charge in [-0.05, 0) is 12.5 Å². The number of hydrogen-bond acceptors (Lipinski definition) is 3. The Morgan fingerprint density at radius 2 is 2.18 bits per heavy atom. The van der Waals surface area contributed by atoms with Crippen LogP contribution in [-0.2, 0) is 9.53 Å². The first-order chi connectivity index (χ1) is 8.33. The van der Waals surface area contributed by atoms with Gasteiger partial charge in [0.05, 0.1) is 13.2 Å². The summed E-state index contributed by atoms with van der Waals surface area (Å²) in [6.45, 7) is 4.28.